The molecule has 42 heavy (non-hydrogen) atoms. The number of halogens is 2. The van der Waals surface area contributed by atoms with Gasteiger partial charge in [-0.05, 0) is 56.5 Å². The van der Waals surface area contributed by atoms with Crippen LogP contribution in [0.1, 0.15) is 30.4 Å². The van der Waals surface area contributed by atoms with Crippen LogP contribution in [-0.2, 0) is 4.79 Å². The van der Waals surface area contributed by atoms with Crippen molar-refractivity contribution in [1.82, 2.24) is 29.7 Å². The quantitative estimate of drug-likeness (QED) is 0.402. The number of likely N-dealkylation sites (tertiary alicyclic amines) is 1. The molecule has 3 aromatic heterocycles. The van der Waals surface area contributed by atoms with Gasteiger partial charge in [0.05, 0.1) is 16.6 Å². The highest BCUT2D eigenvalue weighted by Gasteiger charge is 2.49. The third kappa shape index (κ3) is 4.91. The smallest absolute Gasteiger partial charge is 0.319 e. The number of amides is 1. The lowest BCUT2D eigenvalue weighted by molar-refractivity contribution is -0.131. The van der Waals surface area contributed by atoms with Crippen LogP contribution < -0.4 is 15.4 Å². The van der Waals surface area contributed by atoms with Crippen molar-refractivity contribution in [2.24, 2.45) is 5.92 Å². The lowest BCUT2D eigenvalue weighted by Crippen LogP contribution is -2.53. The van der Waals surface area contributed by atoms with E-state index >= 15 is 4.39 Å². The largest absolute Gasteiger partial charge is 0.461 e. The number of carbonyl (C=O) groups excluding carboxylic acids is 1. The normalized spacial score (nSPS) is 22.3. The standard InChI is InChI=1S/C30H36F2N8O2/c1-5-23(41)39-13-19(14-39)12-38(4)28-21-11-34-27(25-18(3)17(2)9-22(33)35-25)24(32)26(21)36-29(37-28)42-16-30-7-6-8-40(30)15-20(31)10-30/h5,9,11,19-20H,1,6-8,10,12-16H2,2-4H3,(H2,33,35)/t20-,30+/m1/s1. The average molecular weight is 579 g/mol. The van der Waals surface area contributed by atoms with Crippen molar-refractivity contribution in [3.05, 3.63) is 41.9 Å². The number of pyridine rings is 2. The van der Waals surface area contributed by atoms with Gasteiger partial charge in [0.2, 0.25) is 5.91 Å². The number of aromatic nitrogens is 4. The molecule has 6 rings (SSSR count). The number of aryl methyl sites for hydroxylation is 1. The first kappa shape index (κ1) is 28.2. The number of nitrogen functional groups attached to an aromatic ring is 1. The lowest BCUT2D eigenvalue weighted by Gasteiger charge is -2.40. The molecule has 222 valence electrons. The van der Waals surface area contributed by atoms with E-state index in [0.29, 0.717) is 49.5 Å². The molecule has 2 atom stereocenters. The highest BCUT2D eigenvalue weighted by molar-refractivity contribution is 5.92. The number of fused-ring (bicyclic) bond motifs is 2. The van der Waals surface area contributed by atoms with Crippen molar-refractivity contribution < 1.29 is 18.3 Å². The van der Waals surface area contributed by atoms with Gasteiger partial charge in [-0.2, -0.15) is 9.97 Å². The molecule has 0 saturated carbocycles. The fourth-order valence-corrected chi connectivity index (χ4v) is 6.65. The molecule has 1 amide bonds. The maximum absolute atomic E-state index is 16.3. The Bertz CT molecular complexity index is 1560. The number of ether oxygens (including phenoxy) is 1. The zero-order valence-corrected chi connectivity index (χ0v) is 24.2. The number of hydrogen-bond acceptors (Lipinski definition) is 9. The minimum atomic E-state index is -0.897. The number of nitrogens with zero attached hydrogens (tertiary/aromatic N) is 7. The van der Waals surface area contributed by atoms with Crippen LogP contribution in [0.4, 0.5) is 20.4 Å². The van der Waals surface area contributed by atoms with Gasteiger partial charge in [-0.1, -0.05) is 6.58 Å². The van der Waals surface area contributed by atoms with Crippen LogP contribution in [0, 0.1) is 25.6 Å². The summed E-state index contributed by atoms with van der Waals surface area (Å²) in [6.45, 7) is 10.5. The van der Waals surface area contributed by atoms with Gasteiger partial charge < -0.3 is 20.3 Å². The van der Waals surface area contributed by atoms with E-state index in [0.717, 1.165) is 30.5 Å². The number of hydrogen-bond donors (Lipinski definition) is 1. The van der Waals surface area contributed by atoms with Gasteiger partial charge in [0.1, 0.15) is 35.6 Å². The van der Waals surface area contributed by atoms with E-state index in [4.69, 9.17) is 15.5 Å². The van der Waals surface area contributed by atoms with E-state index in [1.165, 1.54) is 6.08 Å². The number of anilines is 2. The second kappa shape index (κ2) is 10.7. The minimum absolute atomic E-state index is 0.0226. The number of alkyl halides is 1. The molecule has 3 fully saturated rings. The van der Waals surface area contributed by atoms with E-state index < -0.39 is 17.5 Å². The van der Waals surface area contributed by atoms with E-state index in [1.807, 2.05) is 25.8 Å². The molecule has 3 saturated heterocycles. The van der Waals surface area contributed by atoms with Crippen LogP contribution in [-0.4, -0.2) is 93.7 Å². The zero-order valence-electron chi connectivity index (χ0n) is 24.2. The summed E-state index contributed by atoms with van der Waals surface area (Å²) in [4.78, 5) is 35.8. The Kier molecular flexibility index (Phi) is 7.20. The first-order valence-electron chi connectivity index (χ1n) is 14.3. The van der Waals surface area contributed by atoms with Gasteiger partial charge in [-0.3, -0.25) is 14.7 Å². The Morgan fingerprint density at radius 3 is 2.81 bits per heavy atom. The monoisotopic (exact) mass is 578 g/mol. The third-order valence-corrected chi connectivity index (χ3v) is 8.99. The highest BCUT2D eigenvalue weighted by Crippen LogP contribution is 2.41. The van der Waals surface area contributed by atoms with E-state index in [9.17, 15) is 9.18 Å². The highest BCUT2D eigenvalue weighted by atomic mass is 19.1. The molecule has 0 aromatic carbocycles. The van der Waals surface area contributed by atoms with E-state index in [2.05, 4.69) is 26.4 Å². The molecule has 12 heteroatoms. The fraction of sp³-hybridized carbons (Fsp3) is 0.500. The fourth-order valence-electron chi connectivity index (χ4n) is 6.65. The lowest BCUT2D eigenvalue weighted by atomic mass is 9.95. The van der Waals surface area contributed by atoms with Gasteiger partial charge >= 0.3 is 6.01 Å². The molecular weight excluding hydrogens is 542 g/mol. The van der Waals surface area contributed by atoms with Crippen LogP contribution in [0.3, 0.4) is 0 Å². The van der Waals surface area contributed by atoms with Crippen molar-refractivity contribution in [2.75, 3.05) is 57.0 Å². The van der Waals surface area contributed by atoms with Crippen LogP contribution in [0.15, 0.2) is 24.9 Å². The molecule has 3 aliphatic rings. The molecule has 0 unspecified atom stereocenters. The van der Waals surface area contributed by atoms with E-state index in [-0.39, 0.29) is 41.5 Å². The average Bonchev–Trinajstić information content (AvgIpc) is 3.46. The summed E-state index contributed by atoms with van der Waals surface area (Å²) >= 11 is 0. The van der Waals surface area contributed by atoms with Crippen molar-refractivity contribution >= 4 is 28.4 Å². The van der Waals surface area contributed by atoms with Crippen LogP contribution in [0.2, 0.25) is 0 Å². The Balaban J connectivity index is 1.37. The van der Waals surface area contributed by atoms with Gasteiger partial charge in [0, 0.05) is 51.8 Å². The predicted molar refractivity (Wildman–Crippen MR) is 156 cm³/mol. The molecule has 0 radical (unpaired) electrons. The summed E-state index contributed by atoms with van der Waals surface area (Å²) in [5.41, 5.74) is 7.68. The Hall–Kier alpha value is -3.93. The Morgan fingerprint density at radius 1 is 1.26 bits per heavy atom. The third-order valence-electron chi connectivity index (χ3n) is 8.99. The Morgan fingerprint density at radius 2 is 2.05 bits per heavy atom. The van der Waals surface area contributed by atoms with Gasteiger partial charge in [-0.15, -0.1) is 0 Å². The first-order chi connectivity index (χ1) is 20.1. The van der Waals surface area contributed by atoms with Crippen molar-refractivity contribution in [2.45, 2.75) is 44.8 Å². The predicted octanol–water partition coefficient (Wildman–Crippen LogP) is 3.46. The van der Waals surface area contributed by atoms with Crippen molar-refractivity contribution in [3.63, 3.8) is 0 Å². The molecule has 3 aliphatic heterocycles. The van der Waals surface area contributed by atoms with E-state index in [1.54, 1.807) is 17.2 Å². The zero-order chi connectivity index (χ0) is 29.8. The van der Waals surface area contributed by atoms with Crippen molar-refractivity contribution in [3.8, 4) is 17.4 Å². The van der Waals surface area contributed by atoms with Crippen LogP contribution in [0.5, 0.6) is 6.01 Å². The molecule has 6 heterocycles. The maximum Gasteiger partial charge on any atom is 0.319 e. The number of carbonyl (C=O) groups is 1. The minimum Gasteiger partial charge on any atom is -0.461 e. The molecule has 0 bridgehead atoms. The second-order valence-electron chi connectivity index (χ2n) is 11.9. The Labute approximate surface area is 243 Å². The summed E-state index contributed by atoms with van der Waals surface area (Å²) in [5.74, 6) is 0.198. The molecule has 3 aromatic rings. The van der Waals surface area contributed by atoms with Gasteiger partial charge in [-0.25, -0.2) is 13.8 Å². The summed E-state index contributed by atoms with van der Waals surface area (Å²) in [7, 11) is 1.87. The summed E-state index contributed by atoms with van der Waals surface area (Å²) in [6, 6.07) is 1.76. The molecule has 10 nitrogen and oxygen atoms in total. The SMILES string of the molecule is C=CC(=O)N1CC(CN(C)c2nc(OC[C@@]34CCCN3C[C@H](F)C4)nc3c(F)c(-c4nc(N)cc(C)c4C)ncc23)C1. The molecule has 0 aliphatic carbocycles. The molecular formula is C30H36F2N8O2. The van der Waals surface area contributed by atoms with Gasteiger partial charge in [0.25, 0.3) is 0 Å². The summed E-state index contributed by atoms with van der Waals surface area (Å²) < 4.78 is 36.9. The summed E-state index contributed by atoms with van der Waals surface area (Å²) in [6.07, 6.45) is 4.18. The molecule has 2 N–H and O–H groups in total. The number of nitrogens with two attached hydrogens (primary N) is 1. The molecule has 0 spiro atoms. The first-order valence-corrected chi connectivity index (χ1v) is 14.3. The van der Waals surface area contributed by atoms with Crippen LogP contribution in [0.25, 0.3) is 22.3 Å². The maximum atomic E-state index is 16.3. The summed E-state index contributed by atoms with van der Waals surface area (Å²) in [5, 5.41) is 0.424. The second-order valence-corrected chi connectivity index (χ2v) is 11.9. The van der Waals surface area contributed by atoms with Gasteiger partial charge in [0.15, 0.2) is 5.82 Å². The van der Waals surface area contributed by atoms with Crippen LogP contribution >= 0.6 is 0 Å². The topological polar surface area (TPSA) is 114 Å². The number of rotatable bonds is 8. The van der Waals surface area contributed by atoms with Crippen molar-refractivity contribution in [1.29, 1.82) is 0 Å².